The molecule has 0 bridgehead atoms. The third kappa shape index (κ3) is 6.71. The number of benzene rings is 1. The summed E-state index contributed by atoms with van der Waals surface area (Å²) in [6.45, 7) is 9.53. The minimum atomic E-state index is 0.621. The van der Waals surface area contributed by atoms with E-state index in [4.69, 9.17) is 5.73 Å². The van der Waals surface area contributed by atoms with E-state index in [1.165, 1.54) is 17.7 Å². The predicted octanol–water partition coefficient (Wildman–Crippen LogP) is 2.16. The van der Waals surface area contributed by atoms with Crippen LogP contribution >= 0.6 is 0 Å². The summed E-state index contributed by atoms with van der Waals surface area (Å²) < 4.78 is 0. The largest absolute Gasteiger partial charge is 0.326 e. The monoisotopic (exact) mass is 263 g/mol. The number of hydrogen-bond donors (Lipinski definition) is 1. The summed E-state index contributed by atoms with van der Waals surface area (Å²) in [6, 6.07) is 8.59. The zero-order valence-electron chi connectivity index (χ0n) is 12.9. The molecule has 0 heterocycles. The summed E-state index contributed by atoms with van der Waals surface area (Å²) >= 11 is 0. The number of likely N-dealkylation sites (N-methyl/N-ethyl adjacent to an activating group) is 2. The van der Waals surface area contributed by atoms with Crippen LogP contribution in [0.5, 0.6) is 0 Å². The number of nitrogens with two attached hydrogens (primary N) is 1. The minimum absolute atomic E-state index is 0.621. The van der Waals surface area contributed by atoms with E-state index in [9.17, 15) is 0 Å². The molecule has 0 fully saturated rings. The molecule has 1 rings (SSSR count). The van der Waals surface area contributed by atoms with Crippen molar-refractivity contribution in [1.29, 1.82) is 0 Å². The first-order valence-electron chi connectivity index (χ1n) is 7.16. The average Bonchev–Trinajstić information content (AvgIpc) is 2.36. The quantitative estimate of drug-likeness (QED) is 0.780. The van der Waals surface area contributed by atoms with E-state index >= 15 is 0 Å². The molecule has 0 unspecified atom stereocenters. The zero-order chi connectivity index (χ0) is 14.3. The van der Waals surface area contributed by atoms with Gasteiger partial charge in [0, 0.05) is 32.7 Å². The van der Waals surface area contributed by atoms with Gasteiger partial charge in [-0.3, -0.25) is 0 Å². The van der Waals surface area contributed by atoms with Gasteiger partial charge < -0.3 is 15.5 Å². The lowest BCUT2D eigenvalue weighted by Gasteiger charge is -2.23. The minimum Gasteiger partial charge on any atom is -0.326 e. The van der Waals surface area contributed by atoms with E-state index in [0.717, 1.165) is 25.6 Å². The first kappa shape index (κ1) is 16.2. The maximum atomic E-state index is 5.61. The van der Waals surface area contributed by atoms with E-state index in [2.05, 4.69) is 62.0 Å². The topological polar surface area (TPSA) is 32.5 Å². The first-order valence-corrected chi connectivity index (χ1v) is 7.16. The molecule has 0 saturated carbocycles. The molecular formula is C16H29N3. The Bertz CT molecular complexity index is 346. The maximum absolute atomic E-state index is 5.61. The van der Waals surface area contributed by atoms with Crippen molar-refractivity contribution in [3.63, 3.8) is 0 Å². The molecule has 0 aromatic heterocycles. The molecule has 3 heteroatoms. The van der Waals surface area contributed by atoms with Crippen LogP contribution < -0.4 is 5.73 Å². The molecule has 0 amide bonds. The smallest absolute Gasteiger partial charge is 0.0231 e. The fourth-order valence-corrected chi connectivity index (χ4v) is 2.23. The van der Waals surface area contributed by atoms with Crippen LogP contribution in [0.4, 0.5) is 0 Å². The molecule has 0 atom stereocenters. The molecule has 0 aliphatic carbocycles. The lowest BCUT2D eigenvalue weighted by Crippen LogP contribution is -2.32. The Morgan fingerprint density at radius 3 is 2.00 bits per heavy atom. The Morgan fingerprint density at radius 2 is 1.47 bits per heavy atom. The van der Waals surface area contributed by atoms with Crippen molar-refractivity contribution >= 4 is 0 Å². The molecule has 1 aromatic rings. The second kappa shape index (κ2) is 8.31. The highest BCUT2D eigenvalue weighted by Crippen LogP contribution is 2.06. The van der Waals surface area contributed by atoms with Gasteiger partial charge in [-0.2, -0.15) is 0 Å². The van der Waals surface area contributed by atoms with Crippen LogP contribution in [0.1, 0.15) is 25.0 Å². The number of rotatable bonds is 8. The van der Waals surface area contributed by atoms with Gasteiger partial charge in [0.15, 0.2) is 0 Å². The normalized spacial score (nSPS) is 11.8. The second-order valence-corrected chi connectivity index (χ2v) is 5.91. The molecule has 3 nitrogen and oxygen atoms in total. The highest BCUT2D eigenvalue weighted by molar-refractivity contribution is 5.22. The average molecular weight is 263 g/mol. The van der Waals surface area contributed by atoms with Crippen molar-refractivity contribution in [2.24, 2.45) is 11.7 Å². The molecule has 108 valence electrons. The van der Waals surface area contributed by atoms with Crippen LogP contribution in [0.3, 0.4) is 0 Å². The van der Waals surface area contributed by atoms with Gasteiger partial charge in [0.1, 0.15) is 0 Å². The molecule has 2 N–H and O–H groups in total. The zero-order valence-corrected chi connectivity index (χ0v) is 12.9. The van der Waals surface area contributed by atoms with Crippen molar-refractivity contribution in [3.05, 3.63) is 35.4 Å². The molecule has 0 aliphatic rings. The van der Waals surface area contributed by atoms with Crippen LogP contribution in [-0.2, 0) is 13.1 Å². The maximum Gasteiger partial charge on any atom is 0.0231 e. The number of nitrogens with zero attached hydrogens (tertiary/aromatic N) is 2. The summed E-state index contributed by atoms with van der Waals surface area (Å²) in [4.78, 5) is 4.77. The molecular weight excluding hydrogens is 234 g/mol. The van der Waals surface area contributed by atoms with E-state index < -0.39 is 0 Å². The van der Waals surface area contributed by atoms with Crippen LogP contribution in [-0.4, -0.2) is 43.5 Å². The SMILES string of the molecule is CC(C)CN(C)CCN(C)Cc1ccc(CN)cc1. The fraction of sp³-hybridized carbons (Fsp3) is 0.625. The van der Waals surface area contributed by atoms with Crippen molar-refractivity contribution in [3.8, 4) is 0 Å². The van der Waals surface area contributed by atoms with E-state index in [1.54, 1.807) is 0 Å². The molecule has 1 aromatic carbocycles. The Morgan fingerprint density at radius 1 is 0.947 bits per heavy atom. The highest BCUT2D eigenvalue weighted by atomic mass is 15.2. The van der Waals surface area contributed by atoms with Gasteiger partial charge in [-0.15, -0.1) is 0 Å². The van der Waals surface area contributed by atoms with E-state index in [0.29, 0.717) is 6.54 Å². The second-order valence-electron chi connectivity index (χ2n) is 5.91. The van der Waals surface area contributed by atoms with Gasteiger partial charge in [0.25, 0.3) is 0 Å². The van der Waals surface area contributed by atoms with Crippen molar-refractivity contribution in [2.75, 3.05) is 33.7 Å². The van der Waals surface area contributed by atoms with Crippen molar-refractivity contribution < 1.29 is 0 Å². The summed E-state index contributed by atoms with van der Waals surface area (Å²) in [5.74, 6) is 0.735. The summed E-state index contributed by atoms with van der Waals surface area (Å²) in [5.41, 5.74) is 8.16. The highest BCUT2D eigenvalue weighted by Gasteiger charge is 2.04. The third-order valence-electron chi connectivity index (χ3n) is 3.25. The van der Waals surface area contributed by atoms with Crippen LogP contribution in [0.2, 0.25) is 0 Å². The van der Waals surface area contributed by atoms with E-state index in [-0.39, 0.29) is 0 Å². The van der Waals surface area contributed by atoms with Gasteiger partial charge in [-0.05, 0) is 31.1 Å². The molecule has 0 spiro atoms. The van der Waals surface area contributed by atoms with Crippen molar-refractivity contribution in [1.82, 2.24) is 9.80 Å². The van der Waals surface area contributed by atoms with Gasteiger partial charge in [0.2, 0.25) is 0 Å². The summed E-state index contributed by atoms with van der Waals surface area (Å²) in [7, 11) is 4.38. The summed E-state index contributed by atoms with van der Waals surface area (Å²) in [6.07, 6.45) is 0. The Labute approximate surface area is 118 Å². The molecule has 0 saturated heterocycles. The Hall–Kier alpha value is -0.900. The molecule has 0 aliphatic heterocycles. The first-order chi connectivity index (χ1) is 9.01. The van der Waals surface area contributed by atoms with Gasteiger partial charge in [0.05, 0.1) is 0 Å². The van der Waals surface area contributed by atoms with E-state index in [1.807, 2.05) is 0 Å². The third-order valence-corrected chi connectivity index (χ3v) is 3.25. The van der Waals surface area contributed by atoms with Crippen molar-refractivity contribution in [2.45, 2.75) is 26.9 Å². The van der Waals surface area contributed by atoms with Gasteiger partial charge in [-0.25, -0.2) is 0 Å². The Kier molecular flexibility index (Phi) is 7.06. The standard InChI is InChI=1S/C16H29N3/c1-14(2)12-18(3)9-10-19(4)13-16-7-5-15(11-17)6-8-16/h5-8,14H,9-13,17H2,1-4H3. The summed E-state index contributed by atoms with van der Waals surface area (Å²) in [5, 5.41) is 0. The van der Waals surface area contributed by atoms with Crippen LogP contribution in [0.15, 0.2) is 24.3 Å². The van der Waals surface area contributed by atoms with Crippen LogP contribution in [0, 0.1) is 5.92 Å². The lowest BCUT2D eigenvalue weighted by atomic mass is 10.1. The Balaban J connectivity index is 2.31. The fourth-order valence-electron chi connectivity index (χ4n) is 2.23. The van der Waals surface area contributed by atoms with Gasteiger partial charge in [-0.1, -0.05) is 38.1 Å². The van der Waals surface area contributed by atoms with Gasteiger partial charge >= 0.3 is 0 Å². The number of hydrogen-bond acceptors (Lipinski definition) is 3. The van der Waals surface area contributed by atoms with Crippen LogP contribution in [0.25, 0.3) is 0 Å². The lowest BCUT2D eigenvalue weighted by molar-refractivity contribution is 0.236. The molecule has 0 radical (unpaired) electrons. The molecule has 19 heavy (non-hydrogen) atoms. The predicted molar refractivity (Wildman–Crippen MR) is 83.0 cm³/mol.